The first-order chi connectivity index (χ1) is 6.36. The molecule has 1 N–H and O–H groups in total. The van der Waals surface area contributed by atoms with Crippen LogP contribution < -0.4 is 5.32 Å². The summed E-state index contributed by atoms with van der Waals surface area (Å²) in [7, 11) is 0. The van der Waals surface area contributed by atoms with Crippen molar-refractivity contribution in [3.05, 3.63) is 24.2 Å². The summed E-state index contributed by atoms with van der Waals surface area (Å²) in [5.41, 5.74) is 1.27. The van der Waals surface area contributed by atoms with Crippen LogP contribution in [0.25, 0.3) is 0 Å². The van der Waals surface area contributed by atoms with Gasteiger partial charge < -0.3 is 9.73 Å². The Balaban J connectivity index is 1.93. The van der Waals surface area contributed by atoms with Crippen LogP contribution in [0, 0.1) is 0 Å². The SMILES string of the molecule is CC1CNCCN1Cc1ccoc1. The summed E-state index contributed by atoms with van der Waals surface area (Å²) in [6.45, 7) is 6.60. The van der Waals surface area contributed by atoms with Crippen molar-refractivity contribution in [1.82, 2.24) is 10.2 Å². The largest absolute Gasteiger partial charge is 0.472 e. The molecular formula is C10H16N2O. The molecule has 2 rings (SSSR count). The van der Waals surface area contributed by atoms with Gasteiger partial charge in [0, 0.05) is 37.8 Å². The topological polar surface area (TPSA) is 28.4 Å². The summed E-state index contributed by atoms with van der Waals surface area (Å²) in [5.74, 6) is 0. The highest BCUT2D eigenvalue weighted by atomic mass is 16.3. The molecule has 3 heteroatoms. The molecule has 1 saturated heterocycles. The highest BCUT2D eigenvalue weighted by Crippen LogP contribution is 2.09. The summed E-state index contributed by atoms with van der Waals surface area (Å²) in [6, 6.07) is 2.66. The van der Waals surface area contributed by atoms with Crippen molar-refractivity contribution in [1.29, 1.82) is 0 Å². The molecule has 0 radical (unpaired) electrons. The zero-order chi connectivity index (χ0) is 9.10. The predicted octanol–water partition coefficient (Wildman–Crippen LogP) is 1.07. The first kappa shape index (κ1) is 8.78. The Morgan fingerprint density at radius 2 is 2.62 bits per heavy atom. The second kappa shape index (κ2) is 3.94. The zero-order valence-electron chi connectivity index (χ0n) is 7.99. The molecule has 1 aliphatic rings. The molecule has 3 nitrogen and oxygen atoms in total. The number of hydrogen-bond donors (Lipinski definition) is 1. The lowest BCUT2D eigenvalue weighted by Crippen LogP contribution is -2.49. The van der Waals surface area contributed by atoms with Crippen molar-refractivity contribution in [3.63, 3.8) is 0 Å². The van der Waals surface area contributed by atoms with E-state index in [0.717, 1.165) is 26.2 Å². The number of piperazine rings is 1. The summed E-state index contributed by atoms with van der Waals surface area (Å²) in [6.07, 6.45) is 3.57. The van der Waals surface area contributed by atoms with Crippen LogP contribution >= 0.6 is 0 Å². The minimum atomic E-state index is 0.628. The van der Waals surface area contributed by atoms with E-state index in [1.807, 2.05) is 12.3 Å². The molecule has 0 aromatic carbocycles. The highest BCUT2D eigenvalue weighted by Gasteiger charge is 2.17. The number of hydrogen-bond acceptors (Lipinski definition) is 3. The van der Waals surface area contributed by atoms with Crippen LogP contribution in [-0.4, -0.2) is 30.6 Å². The number of rotatable bonds is 2. The number of nitrogens with zero attached hydrogens (tertiary/aromatic N) is 1. The van der Waals surface area contributed by atoms with Gasteiger partial charge in [0.2, 0.25) is 0 Å². The van der Waals surface area contributed by atoms with E-state index in [-0.39, 0.29) is 0 Å². The number of nitrogens with one attached hydrogen (secondary N) is 1. The van der Waals surface area contributed by atoms with E-state index >= 15 is 0 Å². The third-order valence-electron chi connectivity index (χ3n) is 2.60. The monoisotopic (exact) mass is 180 g/mol. The fourth-order valence-corrected chi connectivity index (χ4v) is 1.74. The van der Waals surface area contributed by atoms with Crippen LogP contribution in [0.3, 0.4) is 0 Å². The maximum atomic E-state index is 5.05. The second-order valence-corrected chi connectivity index (χ2v) is 3.66. The molecule has 2 heterocycles. The van der Waals surface area contributed by atoms with Gasteiger partial charge in [-0.1, -0.05) is 0 Å². The van der Waals surface area contributed by atoms with Crippen LogP contribution in [0.4, 0.5) is 0 Å². The quantitative estimate of drug-likeness (QED) is 0.738. The van der Waals surface area contributed by atoms with E-state index in [9.17, 15) is 0 Å². The third kappa shape index (κ3) is 2.11. The van der Waals surface area contributed by atoms with Gasteiger partial charge in [-0.05, 0) is 13.0 Å². The van der Waals surface area contributed by atoms with Crippen molar-refractivity contribution < 1.29 is 4.42 Å². The lowest BCUT2D eigenvalue weighted by Gasteiger charge is -2.33. The smallest absolute Gasteiger partial charge is 0.0947 e. The van der Waals surface area contributed by atoms with Crippen LogP contribution in [0.15, 0.2) is 23.0 Å². The zero-order valence-corrected chi connectivity index (χ0v) is 7.99. The Hall–Kier alpha value is -0.800. The Bertz CT molecular complexity index is 245. The van der Waals surface area contributed by atoms with Crippen molar-refractivity contribution in [2.45, 2.75) is 19.5 Å². The van der Waals surface area contributed by atoms with Gasteiger partial charge in [0.25, 0.3) is 0 Å². The molecule has 1 unspecified atom stereocenters. The lowest BCUT2D eigenvalue weighted by molar-refractivity contribution is 0.165. The molecule has 1 atom stereocenters. The molecule has 0 spiro atoms. The predicted molar refractivity (Wildman–Crippen MR) is 51.4 cm³/mol. The van der Waals surface area contributed by atoms with Gasteiger partial charge in [-0.3, -0.25) is 4.90 Å². The van der Waals surface area contributed by atoms with Gasteiger partial charge in [-0.2, -0.15) is 0 Å². The Labute approximate surface area is 78.7 Å². The minimum absolute atomic E-state index is 0.628. The van der Waals surface area contributed by atoms with Gasteiger partial charge in [-0.15, -0.1) is 0 Å². The van der Waals surface area contributed by atoms with Crippen molar-refractivity contribution in [2.75, 3.05) is 19.6 Å². The van der Waals surface area contributed by atoms with Crippen LogP contribution in [0.1, 0.15) is 12.5 Å². The summed E-state index contributed by atoms with van der Waals surface area (Å²) >= 11 is 0. The minimum Gasteiger partial charge on any atom is -0.472 e. The van der Waals surface area contributed by atoms with Crippen LogP contribution in [0.2, 0.25) is 0 Å². The van der Waals surface area contributed by atoms with Crippen LogP contribution in [0.5, 0.6) is 0 Å². The molecule has 1 aromatic rings. The summed E-state index contributed by atoms with van der Waals surface area (Å²) < 4.78 is 5.05. The van der Waals surface area contributed by atoms with Gasteiger partial charge in [-0.25, -0.2) is 0 Å². The van der Waals surface area contributed by atoms with E-state index in [1.54, 1.807) is 6.26 Å². The number of furan rings is 1. The highest BCUT2D eigenvalue weighted by molar-refractivity contribution is 5.05. The average Bonchev–Trinajstić information content (AvgIpc) is 2.61. The van der Waals surface area contributed by atoms with Crippen molar-refractivity contribution in [3.8, 4) is 0 Å². The van der Waals surface area contributed by atoms with E-state index in [0.29, 0.717) is 6.04 Å². The maximum Gasteiger partial charge on any atom is 0.0947 e. The van der Waals surface area contributed by atoms with E-state index < -0.39 is 0 Å². The normalized spacial score (nSPS) is 24.8. The second-order valence-electron chi connectivity index (χ2n) is 3.66. The maximum absolute atomic E-state index is 5.05. The lowest BCUT2D eigenvalue weighted by atomic mass is 10.2. The van der Waals surface area contributed by atoms with E-state index in [1.165, 1.54) is 5.56 Å². The standard InChI is InChI=1S/C10H16N2O/c1-9-6-11-3-4-12(9)7-10-2-5-13-8-10/h2,5,8-9,11H,3-4,6-7H2,1H3. The molecule has 13 heavy (non-hydrogen) atoms. The van der Waals surface area contributed by atoms with Crippen molar-refractivity contribution in [2.24, 2.45) is 0 Å². The van der Waals surface area contributed by atoms with Crippen molar-refractivity contribution >= 4 is 0 Å². The first-order valence-corrected chi connectivity index (χ1v) is 4.82. The fraction of sp³-hybridized carbons (Fsp3) is 0.600. The molecule has 1 aliphatic heterocycles. The third-order valence-corrected chi connectivity index (χ3v) is 2.60. The van der Waals surface area contributed by atoms with E-state index in [2.05, 4.69) is 17.1 Å². The Morgan fingerprint density at radius 1 is 1.69 bits per heavy atom. The average molecular weight is 180 g/mol. The molecule has 0 saturated carbocycles. The molecule has 0 bridgehead atoms. The molecule has 0 amide bonds. The fourth-order valence-electron chi connectivity index (χ4n) is 1.74. The van der Waals surface area contributed by atoms with Gasteiger partial charge in [0.15, 0.2) is 0 Å². The molecule has 1 aromatic heterocycles. The summed E-state index contributed by atoms with van der Waals surface area (Å²) in [5, 5.41) is 3.38. The first-order valence-electron chi connectivity index (χ1n) is 4.82. The van der Waals surface area contributed by atoms with E-state index in [4.69, 9.17) is 4.42 Å². The molecule has 1 fully saturated rings. The van der Waals surface area contributed by atoms with Gasteiger partial charge >= 0.3 is 0 Å². The van der Waals surface area contributed by atoms with Gasteiger partial charge in [0.05, 0.1) is 12.5 Å². The van der Waals surface area contributed by atoms with Crippen LogP contribution in [-0.2, 0) is 6.54 Å². The Morgan fingerprint density at radius 3 is 3.31 bits per heavy atom. The Kier molecular flexibility index (Phi) is 2.66. The molecule has 72 valence electrons. The summed E-state index contributed by atoms with van der Waals surface area (Å²) in [4.78, 5) is 2.47. The molecule has 0 aliphatic carbocycles. The molecular weight excluding hydrogens is 164 g/mol. The van der Waals surface area contributed by atoms with Gasteiger partial charge in [0.1, 0.15) is 0 Å².